The molecule has 2 aromatic carbocycles. The van der Waals surface area contributed by atoms with Crippen LogP contribution in [-0.2, 0) is 11.2 Å². The quantitative estimate of drug-likeness (QED) is 0.354. The number of carbonyl (C=O) groups is 2. The molecule has 0 saturated heterocycles. The highest BCUT2D eigenvalue weighted by atomic mass is 35.5. The maximum Gasteiger partial charge on any atom is 0.511 e. The molecule has 1 unspecified atom stereocenters. The van der Waals surface area contributed by atoms with Gasteiger partial charge in [0.15, 0.2) is 0 Å². The van der Waals surface area contributed by atoms with E-state index >= 15 is 0 Å². The number of nitrogens with one attached hydrogen (secondary N) is 2. The second kappa shape index (κ2) is 9.02. The predicted molar refractivity (Wildman–Crippen MR) is 126 cm³/mol. The fraction of sp³-hybridized carbons (Fsp3) is 0.440. The van der Waals surface area contributed by atoms with Crippen molar-refractivity contribution in [1.82, 2.24) is 0 Å². The number of carbonyl (C=O) groups excluding carboxylic acids is 1. The number of carboxylic acid groups (broad SMARTS) is 1. The van der Waals surface area contributed by atoms with Crippen molar-refractivity contribution in [3.63, 3.8) is 0 Å². The van der Waals surface area contributed by atoms with Gasteiger partial charge in [-0.3, -0.25) is 4.79 Å². The summed E-state index contributed by atoms with van der Waals surface area (Å²) in [5, 5.41) is 16.1. The lowest BCUT2D eigenvalue weighted by Gasteiger charge is -2.41. The molecule has 32 heavy (non-hydrogen) atoms. The average molecular weight is 457 g/mol. The topological polar surface area (TPSA) is 87.7 Å². The monoisotopic (exact) mass is 456 g/mol. The van der Waals surface area contributed by atoms with E-state index in [1.165, 1.54) is 6.42 Å². The average Bonchev–Trinajstić information content (AvgIpc) is 2.74. The highest BCUT2D eigenvalue weighted by Gasteiger charge is 2.36. The lowest BCUT2D eigenvalue weighted by Crippen LogP contribution is -2.35. The first kappa shape index (κ1) is 22.5. The summed E-state index contributed by atoms with van der Waals surface area (Å²) in [5.74, 6) is 0.421. The van der Waals surface area contributed by atoms with Gasteiger partial charge in [0.2, 0.25) is 5.91 Å². The van der Waals surface area contributed by atoms with Crippen LogP contribution in [0.4, 0.5) is 16.2 Å². The number of amides is 1. The van der Waals surface area contributed by atoms with Crippen LogP contribution in [0.2, 0.25) is 5.02 Å². The van der Waals surface area contributed by atoms with Crippen molar-refractivity contribution in [2.24, 2.45) is 11.3 Å². The number of hydrogen-bond acceptors (Lipinski definition) is 4. The fourth-order valence-electron chi connectivity index (χ4n) is 4.92. The van der Waals surface area contributed by atoms with Gasteiger partial charge in [0.1, 0.15) is 5.75 Å². The lowest BCUT2D eigenvalue weighted by molar-refractivity contribution is -0.120. The molecule has 1 fully saturated rings. The minimum absolute atomic E-state index is 0.0103. The summed E-state index contributed by atoms with van der Waals surface area (Å²) >= 11 is 6.43. The zero-order chi connectivity index (χ0) is 22.9. The molecule has 2 aliphatic rings. The summed E-state index contributed by atoms with van der Waals surface area (Å²) in [4.78, 5) is 23.6. The first-order chi connectivity index (χ1) is 15.2. The predicted octanol–water partition coefficient (Wildman–Crippen LogP) is 6.65. The molecular formula is C25H29ClN2O4. The van der Waals surface area contributed by atoms with Crippen LogP contribution in [-0.4, -0.2) is 17.2 Å². The molecule has 170 valence electrons. The minimum atomic E-state index is -1.32. The second-order valence-corrected chi connectivity index (χ2v) is 9.90. The van der Waals surface area contributed by atoms with Gasteiger partial charge in [-0.15, -0.1) is 0 Å². The molecule has 2 aromatic rings. The first-order valence-corrected chi connectivity index (χ1v) is 11.5. The van der Waals surface area contributed by atoms with Crippen LogP contribution in [0.25, 0.3) is 0 Å². The molecule has 1 heterocycles. The summed E-state index contributed by atoms with van der Waals surface area (Å²) in [5.41, 5.74) is 3.45. The van der Waals surface area contributed by atoms with Crippen LogP contribution in [0.5, 0.6) is 5.75 Å². The normalized spacial score (nSPS) is 20.0. The molecule has 1 saturated carbocycles. The Bertz CT molecular complexity index is 1030. The molecule has 3 N–H and O–H groups in total. The van der Waals surface area contributed by atoms with E-state index < -0.39 is 6.16 Å². The van der Waals surface area contributed by atoms with Crippen LogP contribution in [0.1, 0.15) is 63.1 Å². The van der Waals surface area contributed by atoms with E-state index in [4.69, 9.17) is 21.4 Å². The largest absolute Gasteiger partial charge is 0.511 e. The molecule has 7 heteroatoms. The number of hydrogen-bond donors (Lipinski definition) is 3. The fourth-order valence-corrected chi connectivity index (χ4v) is 5.08. The molecule has 1 aliphatic heterocycles. The van der Waals surface area contributed by atoms with E-state index in [9.17, 15) is 9.59 Å². The molecule has 4 rings (SSSR count). The van der Waals surface area contributed by atoms with Gasteiger partial charge < -0.3 is 20.5 Å². The number of rotatable bonds is 4. The van der Waals surface area contributed by atoms with Gasteiger partial charge >= 0.3 is 6.16 Å². The van der Waals surface area contributed by atoms with Gasteiger partial charge in [-0.1, -0.05) is 50.8 Å². The summed E-state index contributed by atoms with van der Waals surface area (Å²) in [7, 11) is 0. The number of fused-ring (bicyclic) bond motifs is 1. The molecular weight excluding hydrogens is 428 g/mol. The molecule has 0 radical (unpaired) electrons. The molecule has 1 atom stereocenters. The summed E-state index contributed by atoms with van der Waals surface area (Å²) in [6.45, 7) is 4.32. The van der Waals surface area contributed by atoms with Crippen LogP contribution >= 0.6 is 11.6 Å². The SMILES string of the molecule is CC1(C)Cc2cc(OC(=O)O)ccc2NC1c1ccc(Cl)c(NC(=O)C2CCCCC2)c1. The van der Waals surface area contributed by atoms with E-state index in [0.29, 0.717) is 16.5 Å². The van der Waals surface area contributed by atoms with Crippen molar-refractivity contribution in [3.8, 4) is 5.75 Å². The van der Waals surface area contributed by atoms with Crippen molar-refractivity contribution in [2.75, 3.05) is 10.6 Å². The molecule has 0 bridgehead atoms. The summed E-state index contributed by atoms with van der Waals surface area (Å²) in [6, 6.07) is 11.0. The summed E-state index contributed by atoms with van der Waals surface area (Å²) < 4.78 is 4.81. The molecule has 0 aromatic heterocycles. The van der Waals surface area contributed by atoms with Gasteiger partial charge in [-0.05, 0) is 66.1 Å². The van der Waals surface area contributed by atoms with Gasteiger partial charge in [0, 0.05) is 11.6 Å². The smallest absolute Gasteiger partial charge is 0.449 e. The molecule has 1 amide bonds. The maximum absolute atomic E-state index is 12.8. The third kappa shape index (κ3) is 4.85. The third-order valence-electron chi connectivity index (χ3n) is 6.57. The molecule has 0 spiro atoms. The highest BCUT2D eigenvalue weighted by Crippen LogP contribution is 2.46. The van der Waals surface area contributed by atoms with Gasteiger partial charge in [0.25, 0.3) is 0 Å². The second-order valence-electron chi connectivity index (χ2n) is 9.49. The zero-order valence-corrected chi connectivity index (χ0v) is 19.2. The Balaban J connectivity index is 1.57. The van der Waals surface area contributed by atoms with Crippen molar-refractivity contribution in [1.29, 1.82) is 0 Å². The third-order valence-corrected chi connectivity index (χ3v) is 6.90. The van der Waals surface area contributed by atoms with Crippen LogP contribution in [0, 0.1) is 11.3 Å². The zero-order valence-electron chi connectivity index (χ0n) is 18.4. The van der Waals surface area contributed by atoms with Crippen molar-refractivity contribution >= 4 is 35.0 Å². The lowest BCUT2D eigenvalue weighted by atomic mass is 9.73. The Morgan fingerprint density at radius 2 is 1.88 bits per heavy atom. The van der Waals surface area contributed by atoms with Crippen molar-refractivity contribution in [3.05, 3.63) is 52.5 Å². The Hall–Kier alpha value is -2.73. The van der Waals surface area contributed by atoms with Gasteiger partial charge in [-0.25, -0.2) is 4.79 Å². The number of halogens is 1. The highest BCUT2D eigenvalue weighted by molar-refractivity contribution is 6.33. The molecule has 6 nitrogen and oxygen atoms in total. The Kier molecular flexibility index (Phi) is 6.33. The van der Waals surface area contributed by atoms with E-state index in [0.717, 1.165) is 48.9 Å². The molecule has 1 aliphatic carbocycles. The van der Waals surface area contributed by atoms with Crippen LogP contribution < -0.4 is 15.4 Å². The van der Waals surface area contributed by atoms with Gasteiger partial charge in [-0.2, -0.15) is 0 Å². The number of benzene rings is 2. The van der Waals surface area contributed by atoms with E-state index in [2.05, 4.69) is 24.5 Å². The van der Waals surface area contributed by atoms with Crippen LogP contribution in [0.3, 0.4) is 0 Å². The Labute approximate surface area is 193 Å². The maximum atomic E-state index is 12.8. The van der Waals surface area contributed by atoms with E-state index in [1.54, 1.807) is 12.1 Å². The van der Waals surface area contributed by atoms with Crippen molar-refractivity contribution in [2.45, 2.75) is 58.4 Å². The summed E-state index contributed by atoms with van der Waals surface area (Å²) in [6.07, 6.45) is 4.69. The van der Waals surface area contributed by atoms with E-state index in [-0.39, 0.29) is 23.3 Å². The Morgan fingerprint density at radius 1 is 1.12 bits per heavy atom. The number of ether oxygens (including phenoxy) is 1. The Morgan fingerprint density at radius 3 is 2.59 bits per heavy atom. The minimum Gasteiger partial charge on any atom is -0.449 e. The number of anilines is 2. The standard InChI is InChI=1S/C25H29ClN2O4/c1-25(2)14-17-12-18(32-24(30)31)9-11-20(17)27-22(25)16-8-10-19(26)21(13-16)28-23(29)15-6-4-3-5-7-15/h8-13,15,22,27H,3-7,14H2,1-2H3,(H,28,29)(H,30,31). The first-order valence-electron chi connectivity index (χ1n) is 11.1. The van der Waals surface area contributed by atoms with Crippen molar-refractivity contribution < 1.29 is 19.4 Å². The van der Waals surface area contributed by atoms with E-state index in [1.807, 2.05) is 24.3 Å². The van der Waals surface area contributed by atoms with Crippen LogP contribution in [0.15, 0.2) is 36.4 Å². The van der Waals surface area contributed by atoms with Gasteiger partial charge in [0.05, 0.1) is 16.8 Å².